The third-order valence-corrected chi connectivity index (χ3v) is 2.72. The van der Waals surface area contributed by atoms with Crippen molar-refractivity contribution in [3.05, 3.63) is 35.8 Å². The minimum absolute atomic E-state index is 0.253. The number of aryl methyl sites for hydroxylation is 1. The van der Waals surface area contributed by atoms with Gasteiger partial charge in [-0.05, 0) is 25.1 Å². The van der Waals surface area contributed by atoms with Gasteiger partial charge in [0.15, 0.2) is 5.82 Å². The molecule has 19 heavy (non-hydrogen) atoms. The van der Waals surface area contributed by atoms with Gasteiger partial charge in [0.25, 0.3) is 0 Å². The monoisotopic (exact) mass is 250 g/mol. The molecular weight excluding hydrogens is 240 g/mol. The molecule has 0 atom stereocenters. The molecule has 0 bridgehead atoms. The number of rotatable bonds is 1. The number of nitrogen functional groups attached to an aromatic ring is 1. The number of benzene rings is 1. The summed E-state index contributed by atoms with van der Waals surface area (Å²) in [5, 5.41) is 8.90. The van der Waals surface area contributed by atoms with Crippen LogP contribution < -0.4 is 5.73 Å². The SMILES string of the molecule is Cc1nc2ccc(-c3nc(N)cc(C#N)n3)cc2[nH]1. The Balaban J connectivity index is 2.18. The van der Waals surface area contributed by atoms with Crippen molar-refractivity contribution in [1.82, 2.24) is 19.9 Å². The van der Waals surface area contributed by atoms with Gasteiger partial charge in [0.1, 0.15) is 23.4 Å². The smallest absolute Gasteiger partial charge is 0.163 e. The lowest BCUT2D eigenvalue weighted by Gasteiger charge is -2.02. The second-order valence-electron chi connectivity index (χ2n) is 4.17. The average Bonchev–Trinajstić information content (AvgIpc) is 2.76. The fourth-order valence-electron chi connectivity index (χ4n) is 1.93. The Morgan fingerprint density at radius 2 is 2.05 bits per heavy atom. The van der Waals surface area contributed by atoms with Crippen molar-refractivity contribution < 1.29 is 0 Å². The maximum Gasteiger partial charge on any atom is 0.163 e. The van der Waals surface area contributed by atoms with Crippen molar-refractivity contribution in [3.8, 4) is 17.5 Å². The van der Waals surface area contributed by atoms with Gasteiger partial charge in [0.05, 0.1) is 11.0 Å². The van der Waals surface area contributed by atoms with Gasteiger partial charge in [-0.25, -0.2) is 15.0 Å². The lowest BCUT2D eigenvalue weighted by Crippen LogP contribution is -1.98. The highest BCUT2D eigenvalue weighted by molar-refractivity contribution is 5.80. The van der Waals surface area contributed by atoms with Gasteiger partial charge < -0.3 is 10.7 Å². The zero-order chi connectivity index (χ0) is 13.4. The van der Waals surface area contributed by atoms with Crippen molar-refractivity contribution in [2.24, 2.45) is 0 Å². The minimum Gasteiger partial charge on any atom is -0.384 e. The van der Waals surface area contributed by atoms with E-state index in [-0.39, 0.29) is 11.5 Å². The van der Waals surface area contributed by atoms with Crippen LogP contribution in [0.1, 0.15) is 11.5 Å². The molecule has 1 aromatic carbocycles. The van der Waals surface area contributed by atoms with E-state index < -0.39 is 0 Å². The highest BCUT2D eigenvalue weighted by Gasteiger charge is 2.07. The first-order valence-corrected chi connectivity index (χ1v) is 5.67. The van der Waals surface area contributed by atoms with Crippen LogP contribution in [0.4, 0.5) is 5.82 Å². The number of imidazole rings is 1. The molecule has 3 rings (SSSR count). The summed E-state index contributed by atoms with van der Waals surface area (Å²) in [5.41, 5.74) is 8.49. The predicted octanol–water partition coefficient (Wildman–Crippen LogP) is 1.78. The van der Waals surface area contributed by atoms with Crippen LogP contribution in [0.5, 0.6) is 0 Å². The molecule has 0 aliphatic rings. The molecule has 6 nitrogen and oxygen atoms in total. The highest BCUT2D eigenvalue weighted by Crippen LogP contribution is 2.21. The molecule has 3 N–H and O–H groups in total. The largest absolute Gasteiger partial charge is 0.384 e. The second kappa shape index (κ2) is 4.07. The summed E-state index contributed by atoms with van der Waals surface area (Å²) in [5.74, 6) is 1.56. The van der Waals surface area contributed by atoms with Crippen LogP contribution in [-0.4, -0.2) is 19.9 Å². The summed E-state index contributed by atoms with van der Waals surface area (Å²) >= 11 is 0. The van der Waals surface area contributed by atoms with E-state index in [0.717, 1.165) is 22.4 Å². The first kappa shape index (κ1) is 11.2. The molecular formula is C13H10N6. The minimum atomic E-state index is 0.253. The number of aromatic nitrogens is 4. The van der Waals surface area contributed by atoms with Gasteiger partial charge in [0, 0.05) is 11.6 Å². The molecule has 92 valence electrons. The van der Waals surface area contributed by atoms with E-state index in [1.165, 1.54) is 6.07 Å². The number of nitrogens with two attached hydrogens (primary N) is 1. The molecule has 2 heterocycles. The third-order valence-electron chi connectivity index (χ3n) is 2.72. The molecule has 3 aromatic rings. The third kappa shape index (κ3) is 1.98. The number of nitriles is 1. The maximum atomic E-state index is 8.90. The number of H-pyrrole nitrogens is 1. The first-order valence-electron chi connectivity index (χ1n) is 5.67. The van der Waals surface area contributed by atoms with Crippen LogP contribution in [0.2, 0.25) is 0 Å². The van der Waals surface area contributed by atoms with E-state index in [1.54, 1.807) is 0 Å². The number of fused-ring (bicyclic) bond motifs is 1. The molecule has 2 aromatic heterocycles. The Morgan fingerprint density at radius 1 is 1.21 bits per heavy atom. The molecule has 0 unspecified atom stereocenters. The Bertz CT molecular complexity index is 812. The summed E-state index contributed by atoms with van der Waals surface area (Å²) in [6.45, 7) is 1.89. The number of anilines is 1. The molecule has 0 saturated heterocycles. The van der Waals surface area contributed by atoms with Gasteiger partial charge in [-0.15, -0.1) is 0 Å². The number of nitrogens with one attached hydrogen (secondary N) is 1. The number of aromatic amines is 1. The molecule has 0 radical (unpaired) electrons. The molecule has 6 heteroatoms. The van der Waals surface area contributed by atoms with E-state index >= 15 is 0 Å². The standard InChI is InChI=1S/C13H10N6/c1-7-16-10-3-2-8(4-11(10)17-7)13-18-9(6-14)5-12(15)19-13/h2-5H,1H3,(H,16,17)(H2,15,18,19). The van der Waals surface area contributed by atoms with E-state index in [4.69, 9.17) is 11.0 Å². The molecule has 0 amide bonds. The van der Waals surface area contributed by atoms with Gasteiger partial charge >= 0.3 is 0 Å². The summed E-state index contributed by atoms with van der Waals surface area (Å²) < 4.78 is 0. The number of nitrogens with zero attached hydrogens (tertiary/aromatic N) is 4. The fourth-order valence-corrected chi connectivity index (χ4v) is 1.93. The average molecular weight is 250 g/mol. The first-order chi connectivity index (χ1) is 9.15. The lowest BCUT2D eigenvalue weighted by atomic mass is 10.2. The van der Waals surface area contributed by atoms with Crippen LogP contribution >= 0.6 is 0 Å². The van der Waals surface area contributed by atoms with Crippen LogP contribution in [0.3, 0.4) is 0 Å². The topological polar surface area (TPSA) is 104 Å². The summed E-state index contributed by atoms with van der Waals surface area (Å²) in [7, 11) is 0. The van der Waals surface area contributed by atoms with Gasteiger partial charge in [0.2, 0.25) is 0 Å². The molecule has 0 aliphatic heterocycles. The van der Waals surface area contributed by atoms with E-state index in [1.807, 2.05) is 31.2 Å². The lowest BCUT2D eigenvalue weighted by molar-refractivity contribution is 1.16. The van der Waals surface area contributed by atoms with Crippen molar-refractivity contribution in [1.29, 1.82) is 5.26 Å². The van der Waals surface area contributed by atoms with E-state index in [2.05, 4.69) is 19.9 Å². The number of hydrogen-bond donors (Lipinski definition) is 2. The summed E-state index contributed by atoms with van der Waals surface area (Å²) in [6, 6.07) is 9.05. The van der Waals surface area contributed by atoms with Crippen LogP contribution in [-0.2, 0) is 0 Å². The molecule has 0 fully saturated rings. The van der Waals surface area contributed by atoms with E-state index in [0.29, 0.717) is 5.82 Å². The Labute approximate surface area is 109 Å². The molecule has 0 aliphatic carbocycles. The molecule has 0 spiro atoms. The quantitative estimate of drug-likeness (QED) is 0.685. The summed E-state index contributed by atoms with van der Waals surface area (Å²) in [6.07, 6.45) is 0. The predicted molar refractivity (Wildman–Crippen MR) is 71.0 cm³/mol. The highest BCUT2D eigenvalue weighted by atomic mass is 14.9. The van der Waals surface area contributed by atoms with Crippen molar-refractivity contribution in [2.75, 3.05) is 5.73 Å². The van der Waals surface area contributed by atoms with E-state index in [9.17, 15) is 0 Å². The molecule has 0 saturated carbocycles. The second-order valence-corrected chi connectivity index (χ2v) is 4.17. The van der Waals surface area contributed by atoms with Crippen LogP contribution in [0.15, 0.2) is 24.3 Å². The maximum absolute atomic E-state index is 8.90. The zero-order valence-corrected chi connectivity index (χ0v) is 10.2. The Kier molecular flexibility index (Phi) is 2.39. The summed E-state index contributed by atoms with van der Waals surface area (Å²) in [4.78, 5) is 15.8. The number of hydrogen-bond acceptors (Lipinski definition) is 5. The normalized spacial score (nSPS) is 10.5. The van der Waals surface area contributed by atoms with Gasteiger partial charge in [-0.2, -0.15) is 5.26 Å². The fraction of sp³-hybridized carbons (Fsp3) is 0.0769. The van der Waals surface area contributed by atoms with Crippen molar-refractivity contribution in [2.45, 2.75) is 6.92 Å². The van der Waals surface area contributed by atoms with Crippen molar-refractivity contribution >= 4 is 16.9 Å². The van der Waals surface area contributed by atoms with Gasteiger partial charge in [-0.1, -0.05) is 0 Å². The van der Waals surface area contributed by atoms with Crippen LogP contribution in [0.25, 0.3) is 22.4 Å². The Hall–Kier alpha value is -2.94. The Morgan fingerprint density at radius 3 is 2.84 bits per heavy atom. The van der Waals surface area contributed by atoms with Crippen LogP contribution in [0, 0.1) is 18.3 Å². The van der Waals surface area contributed by atoms with Gasteiger partial charge in [-0.3, -0.25) is 0 Å². The zero-order valence-electron chi connectivity index (χ0n) is 10.2. The van der Waals surface area contributed by atoms with Crippen molar-refractivity contribution in [3.63, 3.8) is 0 Å².